The quantitative estimate of drug-likeness (QED) is 0.615. The van der Waals surface area contributed by atoms with Gasteiger partial charge in [-0.05, 0) is 18.2 Å². The number of rotatable bonds is 4. The van der Waals surface area contributed by atoms with Crippen LogP contribution >= 0.6 is 0 Å². The number of aromatic amines is 1. The van der Waals surface area contributed by atoms with Crippen LogP contribution in [0.1, 0.15) is 11.7 Å². The maximum Gasteiger partial charge on any atom is 0.249 e. The topological polar surface area (TPSA) is 109 Å². The number of hydrogen-bond acceptors (Lipinski definition) is 4. The third kappa shape index (κ3) is 2.03. The minimum absolute atomic E-state index is 0.398. The van der Waals surface area contributed by atoms with Crippen LogP contribution in [0.25, 0.3) is 10.9 Å². The van der Waals surface area contributed by atoms with Crippen molar-refractivity contribution in [1.82, 2.24) is 4.98 Å². The summed E-state index contributed by atoms with van der Waals surface area (Å²) in [5.74, 6) is -0.358. The van der Waals surface area contributed by atoms with Gasteiger partial charge in [0.2, 0.25) is 5.91 Å². The van der Waals surface area contributed by atoms with Gasteiger partial charge >= 0.3 is 0 Å². The molecule has 1 amide bonds. The third-order valence-electron chi connectivity index (χ3n) is 2.83. The third-order valence-corrected chi connectivity index (χ3v) is 2.83. The van der Waals surface area contributed by atoms with Gasteiger partial charge in [-0.2, -0.15) is 0 Å². The number of aromatic nitrogens is 1. The summed E-state index contributed by atoms with van der Waals surface area (Å²) >= 11 is 0. The van der Waals surface area contributed by atoms with E-state index < -0.39 is 18.1 Å². The Morgan fingerprint density at radius 2 is 2.17 bits per heavy atom. The largest absolute Gasteiger partial charge is 0.497 e. The highest BCUT2D eigenvalue weighted by atomic mass is 16.5. The summed E-state index contributed by atoms with van der Waals surface area (Å²) < 4.78 is 5.08. The molecule has 0 aliphatic rings. The molecule has 6 nitrogen and oxygen atoms in total. The number of carbonyl (C=O) groups is 1. The number of nitrogens with one attached hydrogen (secondary N) is 1. The molecule has 2 unspecified atom stereocenters. The van der Waals surface area contributed by atoms with Gasteiger partial charge in [-0.25, -0.2) is 0 Å². The molecule has 0 bridgehead atoms. The van der Waals surface area contributed by atoms with Crippen molar-refractivity contribution < 1.29 is 19.7 Å². The summed E-state index contributed by atoms with van der Waals surface area (Å²) in [6, 6.07) is 5.25. The lowest BCUT2D eigenvalue weighted by Crippen LogP contribution is -2.33. The number of nitrogens with two attached hydrogens (primary N) is 1. The maximum absolute atomic E-state index is 10.9. The first-order chi connectivity index (χ1) is 8.54. The van der Waals surface area contributed by atoms with Gasteiger partial charge in [0, 0.05) is 22.7 Å². The van der Waals surface area contributed by atoms with E-state index in [1.807, 2.05) is 0 Å². The summed E-state index contributed by atoms with van der Waals surface area (Å²) in [4.78, 5) is 13.8. The van der Waals surface area contributed by atoms with E-state index in [1.165, 1.54) is 13.3 Å². The highest BCUT2D eigenvalue weighted by molar-refractivity contribution is 5.86. The number of primary amides is 1. The van der Waals surface area contributed by atoms with Crippen molar-refractivity contribution in [2.45, 2.75) is 12.2 Å². The van der Waals surface area contributed by atoms with Gasteiger partial charge in [-0.1, -0.05) is 0 Å². The molecule has 2 atom stereocenters. The van der Waals surface area contributed by atoms with Crippen LogP contribution in [-0.4, -0.2) is 34.3 Å². The number of H-pyrrole nitrogens is 1. The van der Waals surface area contributed by atoms with E-state index >= 15 is 0 Å². The standard InChI is InChI=1S/C12H14N2O4/c1-18-6-2-3-9-7(4-6)8(5-14-9)10(15)11(16)12(13)17/h2-5,10-11,14-16H,1H3,(H2,13,17). The van der Waals surface area contributed by atoms with Gasteiger partial charge in [0.25, 0.3) is 0 Å². The lowest BCUT2D eigenvalue weighted by Gasteiger charge is -2.14. The first kappa shape index (κ1) is 12.4. The second-order valence-electron chi connectivity index (χ2n) is 3.95. The van der Waals surface area contributed by atoms with Gasteiger partial charge < -0.3 is 25.7 Å². The molecular formula is C12H14N2O4. The number of carbonyl (C=O) groups excluding carboxylic acids is 1. The number of benzene rings is 1. The minimum atomic E-state index is -1.64. The van der Waals surface area contributed by atoms with Crippen LogP contribution in [0.5, 0.6) is 5.75 Å². The Bertz CT molecular complexity index is 578. The maximum atomic E-state index is 10.9. The van der Waals surface area contributed by atoms with Crippen molar-refractivity contribution in [2.75, 3.05) is 7.11 Å². The lowest BCUT2D eigenvalue weighted by atomic mass is 10.0. The second kappa shape index (κ2) is 4.67. The smallest absolute Gasteiger partial charge is 0.249 e. The molecule has 0 aliphatic carbocycles. The monoisotopic (exact) mass is 250 g/mol. The lowest BCUT2D eigenvalue weighted by molar-refractivity contribution is -0.131. The zero-order valence-electron chi connectivity index (χ0n) is 9.75. The van der Waals surface area contributed by atoms with E-state index in [9.17, 15) is 15.0 Å². The van der Waals surface area contributed by atoms with E-state index in [4.69, 9.17) is 10.5 Å². The molecule has 6 heteroatoms. The number of aliphatic hydroxyl groups is 2. The van der Waals surface area contributed by atoms with E-state index in [1.54, 1.807) is 18.2 Å². The van der Waals surface area contributed by atoms with Crippen LogP contribution in [0.15, 0.2) is 24.4 Å². The van der Waals surface area contributed by atoms with Gasteiger partial charge in [-0.15, -0.1) is 0 Å². The van der Waals surface area contributed by atoms with Crippen molar-refractivity contribution in [1.29, 1.82) is 0 Å². The Morgan fingerprint density at radius 1 is 1.44 bits per heavy atom. The van der Waals surface area contributed by atoms with Crippen LogP contribution in [0.2, 0.25) is 0 Å². The fourth-order valence-electron chi connectivity index (χ4n) is 1.82. The number of amides is 1. The van der Waals surface area contributed by atoms with Crippen molar-refractivity contribution in [2.24, 2.45) is 5.73 Å². The molecular weight excluding hydrogens is 236 g/mol. The summed E-state index contributed by atoms with van der Waals surface area (Å²) in [5.41, 5.74) is 6.12. The fourth-order valence-corrected chi connectivity index (χ4v) is 1.82. The predicted molar refractivity (Wildman–Crippen MR) is 65.0 cm³/mol. The van der Waals surface area contributed by atoms with Crippen LogP contribution in [-0.2, 0) is 4.79 Å². The second-order valence-corrected chi connectivity index (χ2v) is 3.95. The highest BCUT2D eigenvalue weighted by Crippen LogP contribution is 2.29. The Labute approximate surface area is 103 Å². The number of methoxy groups -OCH3 is 1. The van der Waals surface area contributed by atoms with E-state index in [2.05, 4.69) is 4.98 Å². The summed E-state index contributed by atoms with van der Waals surface area (Å²) in [7, 11) is 1.53. The molecule has 1 heterocycles. The molecule has 5 N–H and O–H groups in total. The Hall–Kier alpha value is -2.05. The highest BCUT2D eigenvalue weighted by Gasteiger charge is 2.25. The van der Waals surface area contributed by atoms with Gasteiger partial charge in [0.05, 0.1) is 7.11 Å². The minimum Gasteiger partial charge on any atom is -0.497 e. The zero-order valence-corrected chi connectivity index (χ0v) is 9.75. The summed E-state index contributed by atoms with van der Waals surface area (Å²) in [6.07, 6.45) is -1.49. The number of hydrogen-bond donors (Lipinski definition) is 4. The first-order valence-electron chi connectivity index (χ1n) is 5.35. The molecule has 0 saturated heterocycles. The van der Waals surface area contributed by atoms with E-state index in [-0.39, 0.29) is 0 Å². The van der Waals surface area contributed by atoms with Crippen LogP contribution in [0.4, 0.5) is 0 Å². The average Bonchev–Trinajstić information content (AvgIpc) is 2.79. The number of aliphatic hydroxyl groups excluding tert-OH is 2. The zero-order chi connectivity index (χ0) is 13.3. The predicted octanol–water partition coefficient (Wildman–Crippen LogP) is 0.0561. The van der Waals surface area contributed by atoms with E-state index in [0.29, 0.717) is 16.7 Å². The molecule has 1 aromatic carbocycles. The summed E-state index contributed by atoms with van der Waals surface area (Å²) in [6.45, 7) is 0. The van der Waals surface area contributed by atoms with Crippen LogP contribution in [0.3, 0.4) is 0 Å². The SMILES string of the molecule is COc1ccc2[nH]cc(C(O)C(O)C(N)=O)c2c1. The van der Waals surface area contributed by atoms with E-state index in [0.717, 1.165) is 5.52 Å². The van der Waals surface area contributed by atoms with Crippen molar-refractivity contribution in [3.05, 3.63) is 30.0 Å². The number of fused-ring (bicyclic) bond motifs is 1. The van der Waals surface area contributed by atoms with Gasteiger partial charge in [0.1, 0.15) is 11.9 Å². The normalized spacial score (nSPS) is 14.4. The van der Waals surface area contributed by atoms with Crippen molar-refractivity contribution in [3.8, 4) is 5.75 Å². The summed E-state index contributed by atoms with van der Waals surface area (Å²) in [5, 5.41) is 20.1. The molecule has 0 fully saturated rings. The molecule has 2 rings (SSSR count). The molecule has 0 spiro atoms. The molecule has 0 aliphatic heterocycles. The average molecular weight is 250 g/mol. The van der Waals surface area contributed by atoms with Crippen LogP contribution < -0.4 is 10.5 Å². The molecule has 18 heavy (non-hydrogen) atoms. The van der Waals surface area contributed by atoms with Gasteiger partial charge in [0.15, 0.2) is 6.10 Å². The Morgan fingerprint density at radius 3 is 2.78 bits per heavy atom. The Kier molecular flexibility index (Phi) is 3.22. The van der Waals surface area contributed by atoms with Crippen molar-refractivity contribution >= 4 is 16.8 Å². The molecule has 0 saturated carbocycles. The molecule has 0 radical (unpaired) electrons. The van der Waals surface area contributed by atoms with Crippen molar-refractivity contribution in [3.63, 3.8) is 0 Å². The number of ether oxygens (including phenoxy) is 1. The first-order valence-corrected chi connectivity index (χ1v) is 5.35. The molecule has 96 valence electrons. The molecule has 1 aromatic heterocycles. The van der Waals surface area contributed by atoms with Crippen LogP contribution in [0, 0.1) is 0 Å². The van der Waals surface area contributed by atoms with Gasteiger partial charge in [-0.3, -0.25) is 4.79 Å². The fraction of sp³-hybridized carbons (Fsp3) is 0.250. The molecule has 2 aromatic rings. The Balaban J connectivity index is 2.47.